The zero-order chi connectivity index (χ0) is 57.0. The van der Waals surface area contributed by atoms with Gasteiger partial charge in [0.05, 0.1) is 6.61 Å². The SMILES string of the molecule is CCCCCCCCCCCCCCCCCCCCCCC(=O)C(O)(CO)C(O)(C(=O)CCCCCCCCCCCCCCCCCCCCCC)C(=O)CCCCCCCCCCCCCCCCCCCCCC. The molecule has 0 aliphatic carbocycles. The molecule has 0 aliphatic rings. The van der Waals surface area contributed by atoms with Crippen molar-refractivity contribution in [2.75, 3.05) is 6.61 Å². The molecule has 0 rings (SSSR count). The minimum absolute atomic E-state index is 0.0719. The number of ketones is 3. The van der Waals surface area contributed by atoms with Crippen LogP contribution in [0.15, 0.2) is 0 Å². The lowest BCUT2D eigenvalue weighted by Gasteiger charge is -2.39. The second-order valence-corrected chi connectivity index (χ2v) is 25.4. The predicted molar refractivity (Wildman–Crippen MR) is 340 cm³/mol. The Bertz CT molecular complexity index is 1190. The molecule has 0 amide bonds. The van der Waals surface area contributed by atoms with Crippen LogP contribution < -0.4 is 0 Å². The van der Waals surface area contributed by atoms with Crippen molar-refractivity contribution in [3.05, 3.63) is 0 Å². The van der Waals surface area contributed by atoms with Gasteiger partial charge in [0.1, 0.15) is 0 Å². The summed E-state index contributed by atoms with van der Waals surface area (Å²) in [6.45, 7) is 5.70. The fraction of sp³-hybridized carbons (Fsp3) is 0.958. The van der Waals surface area contributed by atoms with Crippen molar-refractivity contribution in [3.63, 3.8) is 0 Å². The fourth-order valence-corrected chi connectivity index (χ4v) is 12.2. The van der Waals surface area contributed by atoms with E-state index >= 15 is 0 Å². The summed E-state index contributed by atoms with van der Waals surface area (Å²) in [7, 11) is 0. The second kappa shape index (κ2) is 60.5. The van der Waals surface area contributed by atoms with Crippen molar-refractivity contribution in [3.8, 4) is 0 Å². The first-order valence-corrected chi connectivity index (χ1v) is 35.9. The molecule has 6 nitrogen and oxygen atoms in total. The number of hydrogen-bond donors (Lipinski definition) is 3. The Morgan fingerprint density at radius 1 is 0.218 bits per heavy atom. The lowest BCUT2D eigenvalue weighted by Crippen LogP contribution is -2.69. The number of rotatable bonds is 68. The molecule has 464 valence electrons. The normalized spacial score (nSPS) is 12.7. The van der Waals surface area contributed by atoms with Crippen LogP contribution in [-0.2, 0) is 14.4 Å². The van der Waals surface area contributed by atoms with Crippen molar-refractivity contribution in [2.24, 2.45) is 0 Å². The Morgan fingerprint density at radius 3 is 0.487 bits per heavy atom. The predicted octanol–water partition coefficient (Wildman–Crippen LogP) is 22.8. The van der Waals surface area contributed by atoms with E-state index in [0.717, 1.165) is 57.8 Å². The average molecular weight is 1100 g/mol. The van der Waals surface area contributed by atoms with Crippen LogP contribution in [-0.4, -0.2) is 50.5 Å². The van der Waals surface area contributed by atoms with Gasteiger partial charge in [-0.15, -0.1) is 0 Å². The minimum atomic E-state index is -2.92. The molecule has 0 aromatic heterocycles. The van der Waals surface area contributed by atoms with Crippen LogP contribution in [0.1, 0.15) is 425 Å². The number of Topliss-reactive ketones (excluding diaryl/α,β-unsaturated/α-hetero) is 3. The van der Waals surface area contributed by atoms with Gasteiger partial charge >= 0.3 is 0 Å². The van der Waals surface area contributed by atoms with Gasteiger partial charge in [0.2, 0.25) is 5.60 Å². The molecule has 0 fully saturated rings. The summed E-state index contributed by atoms with van der Waals surface area (Å²) in [6.07, 6.45) is 74.7. The lowest BCUT2D eigenvalue weighted by molar-refractivity contribution is -0.194. The van der Waals surface area contributed by atoms with E-state index in [1.807, 2.05) is 0 Å². The molecule has 0 saturated carbocycles. The summed E-state index contributed by atoms with van der Waals surface area (Å²) in [4.78, 5) is 41.7. The zero-order valence-corrected chi connectivity index (χ0v) is 53.3. The van der Waals surface area contributed by atoms with E-state index in [4.69, 9.17) is 0 Å². The van der Waals surface area contributed by atoms with Crippen LogP contribution in [0.4, 0.5) is 0 Å². The van der Waals surface area contributed by atoms with Crippen molar-refractivity contribution in [1.82, 2.24) is 0 Å². The quantitative estimate of drug-likeness (QED) is 0.0413. The largest absolute Gasteiger partial charge is 0.393 e. The van der Waals surface area contributed by atoms with Gasteiger partial charge in [-0.2, -0.15) is 0 Å². The Balaban J connectivity index is 4.71. The summed E-state index contributed by atoms with van der Waals surface area (Å²) >= 11 is 0. The minimum Gasteiger partial charge on any atom is -0.393 e. The fourth-order valence-electron chi connectivity index (χ4n) is 12.2. The molecule has 0 heterocycles. The van der Waals surface area contributed by atoms with Crippen molar-refractivity contribution >= 4 is 17.3 Å². The third-order valence-electron chi connectivity index (χ3n) is 17.9. The number of aliphatic hydroxyl groups is 3. The molecule has 0 spiro atoms. The number of aliphatic hydroxyl groups excluding tert-OH is 1. The molecular formula is C72H140O6. The monoisotopic (exact) mass is 1100 g/mol. The highest BCUT2D eigenvalue weighted by Gasteiger charge is 2.62. The third-order valence-corrected chi connectivity index (χ3v) is 17.9. The van der Waals surface area contributed by atoms with Gasteiger partial charge < -0.3 is 15.3 Å². The van der Waals surface area contributed by atoms with Crippen LogP contribution in [0.5, 0.6) is 0 Å². The van der Waals surface area contributed by atoms with Crippen LogP contribution in [0, 0.1) is 0 Å². The summed E-state index contributed by atoms with van der Waals surface area (Å²) < 4.78 is 0. The number of unbranched alkanes of at least 4 members (excludes halogenated alkanes) is 57. The molecule has 0 aromatic rings. The molecule has 1 unspecified atom stereocenters. The Labute approximate surface area is 488 Å². The topological polar surface area (TPSA) is 112 Å². The molecule has 0 bridgehead atoms. The molecule has 1 atom stereocenters. The summed E-state index contributed by atoms with van der Waals surface area (Å²) in [5.74, 6) is -2.41. The molecule has 3 N–H and O–H groups in total. The van der Waals surface area contributed by atoms with Gasteiger partial charge in [-0.1, -0.05) is 387 Å². The van der Waals surface area contributed by atoms with Gasteiger partial charge in [-0.25, -0.2) is 0 Å². The average Bonchev–Trinajstić information content (AvgIpc) is 3.55. The maximum absolute atomic E-state index is 14.0. The first-order valence-electron chi connectivity index (χ1n) is 35.9. The summed E-state index contributed by atoms with van der Waals surface area (Å²) in [5, 5.41) is 34.5. The third kappa shape index (κ3) is 45.4. The smallest absolute Gasteiger partial charge is 0.219 e. The first kappa shape index (κ1) is 76.9. The van der Waals surface area contributed by atoms with Gasteiger partial charge in [0, 0.05) is 19.3 Å². The number of hydrogen-bond acceptors (Lipinski definition) is 6. The second-order valence-electron chi connectivity index (χ2n) is 25.4. The Morgan fingerprint density at radius 2 is 0.346 bits per heavy atom. The van der Waals surface area contributed by atoms with Crippen molar-refractivity contribution in [2.45, 2.75) is 436 Å². The first-order chi connectivity index (χ1) is 38.3. The highest BCUT2D eigenvalue weighted by molar-refractivity contribution is 6.16. The van der Waals surface area contributed by atoms with E-state index in [1.54, 1.807) is 0 Å². The van der Waals surface area contributed by atoms with E-state index in [0.29, 0.717) is 19.3 Å². The summed E-state index contributed by atoms with van der Waals surface area (Å²) in [6, 6.07) is 0. The molecule has 0 aliphatic heterocycles. The lowest BCUT2D eigenvalue weighted by atomic mass is 9.71. The Kier molecular flexibility index (Phi) is 59.6. The molecule has 0 aromatic carbocycles. The van der Waals surface area contributed by atoms with Crippen molar-refractivity contribution < 1.29 is 29.7 Å². The van der Waals surface area contributed by atoms with Gasteiger partial charge in [0.15, 0.2) is 23.0 Å². The van der Waals surface area contributed by atoms with E-state index in [2.05, 4.69) is 20.8 Å². The molecule has 78 heavy (non-hydrogen) atoms. The molecule has 6 heteroatoms. The van der Waals surface area contributed by atoms with Crippen LogP contribution in [0.2, 0.25) is 0 Å². The van der Waals surface area contributed by atoms with Crippen LogP contribution in [0.25, 0.3) is 0 Å². The van der Waals surface area contributed by atoms with E-state index < -0.39 is 35.2 Å². The number of carbonyl (C=O) groups is 3. The van der Waals surface area contributed by atoms with Gasteiger partial charge in [-0.3, -0.25) is 14.4 Å². The molecule has 0 saturated heterocycles. The zero-order valence-electron chi connectivity index (χ0n) is 53.3. The van der Waals surface area contributed by atoms with Crippen molar-refractivity contribution in [1.29, 1.82) is 0 Å². The van der Waals surface area contributed by atoms with E-state index in [9.17, 15) is 29.7 Å². The molecular weight excluding hydrogens is 961 g/mol. The Hall–Kier alpha value is -1.11. The van der Waals surface area contributed by atoms with E-state index in [-0.39, 0.29) is 19.3 Å². The van der Waals surface area contributed by atoms with Gasteiger partial charge in [0.25, 0.3) is 0 Å². The van der Waals surface area contributed by atoms with Gasteiger partial charge in [-0.05, 0) is 19.3 Å². The van der Waals surface area contributed by atoms with E-state index in [1.165, 1.54) is 308 Å². The maximum Gasteiger partial charge on any atom is 0.219 e. The highest BCUT2D eigenvalue weighted by atomic mass is 16.4. The standard InChI is InChI=1S/C72H140O6/c1-4-7-10-13-16-19-22-25-28-31-34-37-40-43-46-49-52-55-58-61-64-68(74)71(77,67-73)72(78,69(75)65-62-59-56-53-50-47-44-41-38-35-32-29-26-23-20-17-14-11-8-5-2)70(76)66-63-60-57-54-51-48-45-42-39-36-33-30-27-24-21-18-15-12-9-6-3/h73,77-78H,4-67H2,1-3H3. The maximum atomic E-state index is 14.0. The van der Waals surface area contributed by atoms with Crippen LogP contribution in [0.3, 0.4) is 0 Å². The highest BCUT2D eigenvalue weighted by Crippen LogP contribution is 2.32. The number of carbonyl (C=O) groups excluding carboxylic acids is 3. The summed E-state index contributed by atoms with van der Waals surface area (Å²) in [5.41, 5.74) is -5.75. The van der Waals surface area contributed by atoms with Crippen LogP contribution >= 0.6 is 0 Å². The molecule has 0 radical (unpaired) electrons.